The van der Waals surface area contributed by atoms with Crippen molar-refractivity contribution < 1.29 is 28.6 Å². The van der Waals surface area contributed by atoms with Crippen LogP contribution in [0.5, 0.6) is 0 Å². The molecule has 0 spiro atoms. The molecule has 0 saturated carbocycles. The smallest absolute Gasteiger partial charge is 0.306 e. The van der Waals surface area contributed by atoms with Crippen molar-refractivity contribution in [3.63, 3.8) is 0 Å². The largest absolute Gasteiger partial charge is 0.462 e. The Balaban J connectivity index is 4.22. The average molecular weight is 849 g/mol. The van der Waals surface area contributed by atoms with Crippen LogP contribution in [0.1, 0.15) is 310 Å². The third kappa shape index (κ3) is 47.5. The lowest BCUT2D eigenvalue weighted by atomic mass is 10.0. The highest BCUT2D eigenvalue weighted by atomic mass is 16.6. The van der Waals surface area contributed by atoms with E-state index in [0.717, 1.165) is 57.8 Å². The summed E-state index contributed by atoms with van der Waals surface area (Å²) < 4.78 is 16.8. The molecule has 356 valence electrons. The lowest BCUT2D eigenvalue weighted by Gasteiger charge is -2.18. The van der Waals surface area contributed by atoms with Crippen LogP contribution < -0.4 is 0 Å². The van der Waals surface area contributed by atoms with Crippen LogP contribution in [0.25, 0.3) is 0 Å². The summed E-state index contributed by atoms with van der Waals surface area (Å²) in [5.41, 5.74) is 0. The molecule has 0 rings (SSSR count). The van der Waals surface area contributed by atoms with Crippen molar-refractivity contribution in [2.45, 2.75) is 316 Å². The van der Waals surface area contributed by atoms with E-state index in [9.17, 15) is 14.4 Å². The van der Waals surface area contributed by atoms with Gasteiger partial charge in [0.05, 0.1) is 0 Å². The lowest BCUT2D eigenvalue weighted by molar-refractivity contribution is -0.167. The van der Waals surface area contributed by atoms with Gasteiger partial charge in [-0.25, -0.2) is 0 Å². The second-order valence-corrected chi connectivity index (χ2v) is 18.5. The van der Waals surface area contributed by atoms with Crippen molar-refractivity contribution >= 4 is 17.9 Å². The summed E-state index contributed by atoms with van der Waals surface area (Å²) in [6, 6.07) is 0. The molecule has 0 aliphatic carbocycles. The minimum atomic E-state index is -0.759. The molecule has 0 radical (unpaired) electrons. The van der Waals surface area contributed by atoms with E-state index in [1.165, 1.54) is 212 Å². The molecule has 0 aromatic rings. The van der Waals surface area contributed by atoms with Gasteiger partial charge in [-0.2, -0.15) is 0 Å². The molecule has 6 nitrogen and oxygen atoms in total. The number of hydrogen-bond acceptors (Lipinski definition) is 6. The minimum absolute atomic E-state index is 0.0617. The fourth-order valence-corrected chi connectivity index (χ4v) is 8.27. The van der Waals surface area contributed by atoms with Crippen molar-refractivity contribution in [3.8, 4) is 0 Å². The Morgan fingerprint density at radius 2 is 0.450 bits per heavy atom. The van der Waals surface area contributed by atoms with Crippen LogP contribution in [-0.4, -0.2) is 37.2 Å². The maximum Gasteiger partial charge on any atom is 0.306 e. The molecule has 0 aromatic carbocycles. The molecule has 0 bridgehead atoms. The highest BCUT2D eigenvalue weighted by molar-refractivity contribution is 5.71. The fourth-order valence-electron chi connectivity index (χ4n) is 8.27. The summed E-state index contributed by atoms with van der Waals surface area (Å²) in [5, 5.41) is 0. The van der Waals surface area contributed by atoms with Crippen molar-refractivity contribution in [2.24, 2.45) is 0 Å². The second kappa shape index (κ2) is 50.1. The van der Waals surface area contributed by atoms with Crippen LogP contribution in [0.15, 0.2) is 0 Å². The molecule has 60 heavy (non-hydrogen) atoms. The first-order valence-corrected chi connectivity index (χ1v) is 27.0. The monoisotopic (exact) mass is 849 g/mol. The van der Waals surface area contributed by atoms with Gasteiger partial charge in [0.25, 0.3) is 0 Å². The number of esters is 3. The molecule has 0 heterocycles. The van der Waals surface area contributed by atoms with E-state index < -0.39 is 6.10 Å². The number of rotatable bonds is 50. The van der Waals surface area contributed by atoms with Crippen LogP contribution in [0.2, 0.25) is 0 Å². The maximum atomic E-state index is 12.8. The Labute approximate surface area is 374 Å². The van der Waals surface area contributed by atoms with E-state index in [-0.39, 0.29) is 31.1 Å². The molecule has 0 N–H and O–H groups in total. The number of unbranched alkanes of at least 4 members (excludes halogenated alkanes) is 39. The zero-order chi connectivity index (χ0) is 43.7. The molecule has 0 saturated heterocycles. The van der Waals surface area contributed by atoms with E-state index in [0.29, 0.717) is 19.3 Å². The van der Waals surface area contributed by atoms with E-state index in [1.807, 2.05) is 0 Å². The van der Waals surface area contributed by atoms with Crippen molar-refractivity contribution in [3.05, 3.63) is 0 Å². The molecule has 0 fully saturated rings. The Morgan fingerprint density at radius 1 is 0.267 bits per heavy atom. The molecular weight excluding hydrogens is 745 g/mol. The molecule has 0 aliphatic heterocycles. The molecule has 1 atom stereocenters. The molecule has 0 aliphatic rings. The van der Waals surface area contributed by atoms with Gasteiger partial charge in [0.15, 0.2) is 6.10 Å². The first kappa shape index (κ1) is 58.4. The Morgan fingerprint density at radius 3 is 0.667 bits per heavy atom. The molecule has 0 aromatic heterocycles. The summed E-state index contributed by atoms with van der Waals surface area (Å²) >= 11 is 0. The van der Waals surface area contributed by atoms with Gasteiger partial charge in [0.2, 0.25) is 0 Å². The van der Waals surface area contributed by atoms with Gasteiger partial charge >= 0.3 is 17.9 Å². The summed E-state index contributed by atoms with van der Waals surface area (Å²) in [5.74, 6) is -0.841. The van der Waals surface area contributed by atoms with Gasteiger partial charge in [-0.05, 0) is 19.3 Å². The number of carbonyl (C=O) groups is 3. The number of carbonyl (C=O) groups excluding carboxylic acids is 3. The molecular formula is C54H104O6. The quantitative estimate of drug-likeness (QED) is 0.0345. The van der Waals surface area contributed by atoms with E-state index in [4.69, 9.17) is 14.2 Å². The Kier molecular flexibility index (Phi) is 48.7. The summed E-state index contributed by atoms with van der Waals surface area (Å²) in [4.78, 5) is 37.9. The van der Waals surface area contributed by atoms with Crippen molar-refractivity contribution in [2.75, 3.05) is 13.2 Å². The summed E-state index contributed by atoms with van der Waals surface area (Å²) in [6.07, 6.45) is 53.8. The van der Waals surface area contributed by atoms with Crippen LogP contribution in [0, 0.1) is 0 Å². The van der Waals surface area contributed by atoms with Crippen LogP contribution in [-0.2, 0) is 28.6 Å². The van der Waals surface area contributed by atoms with Gasteiger partial charge in [0, 0.05) is 19.3 Å². The van der Waals surface area contributed by atoms with E-state index >= 15 is 0 Å². The van der Waals surface area contributed by atoms with Gasteiger partial charge in [0.1, 0.15) is 13.2 Å². The van der Waals surface area contributed by atoms with E-state index in [1.54, 1.807) is 0 Å². The van der Waals surface area contributed by atoms with Crippen LogP contribution in [0.3, 0.4) is 0 Å². The van der Waals surface area contributed by atoms with Crippen molar-refractivity contribution in [1.29, 1.82) is 0 Å². The van der Waals surface area contributed by atoms with Crippen LogP contribution >= 0.6 is 0 Å². The topological polar surface area (TPSA) is 78.9 Å². The minimum Gasteiger partial charge on any atom is -0.462 e. The zero-order valence-electron chi connectivity index (χ0n) is 40.8. The maximum absolute atomic E-state index is 12.8. The fraction of sp³-hybridized carbons (Fsp3) is 0.944. The highest BCUT2D eigenvalue weighted by Gasteiger charge is 2.19. The van der Waals surface area contributed by atoms with Gasteiger partial charge in [-0.3, -0.25) is 14.4 Å². The highest BCUT2D eigenvalue weighted by Crippen LogP contribution is 2.17. The third-order valence-corrected chi connectivity index (χ3v) is 12.4. The average Bonchev–Trinajstić information content (AvgIpc) is 3.24. The molecule has 1 unspecified atom stereocenters. The predicted octanol–water partition coefficient (Wildman–Crippen LogP) is 17.6. The molecule has 6 heteroatoms. The Bertz CT molecular complexity index is 889. The standard InChI is InChI=1S/C54H104O6/c1-4-7-10-13-16-19-21-23-25-26-27-29-30-32-35-38-41-44-47-53(56)59-50-51(49-58-52(55)46-43-40-37-34-18-15-12-9-6-3)60-54(57)48-45-42-39-36-33-31-28-24-22-20-17-14-11-8-5-2/h51H,4-50H2,1-3H3. The predicted molar refractivity (Wildman–Crippen MR) is 257 cm³/mol. The number of hydrogen-bond donors (Lipinski definition) is 0. The molecule has 0 amide bonds. The first-order chi connectivity index (χ1) is 29.5. The lowest BCUT2D eigenvalue weighted by Crippen LogP contribution is -2.30. The Hall–Kier alpha value is -1.59. The zero-order valence-corrected chi connectivity index (χ0v) is 40.8. The SMILES string of the molecule is CCCCCCCCCCCCCCCCCCCCC(=O)OCC(COC(=O)CCCCCCCCCCC)OC(=O)CCCCCCCCCCCCCCCCC. The normalized spacial score (nSPS) is 11.8. The van der Waals surface area contributed by atoms with Crippen LogP contribution in [0.4, 0.5) is 0 Å². The summed E-state index contributed by atoms with van der Waals surface area (Å²) in [6.45, 7) is 6.67. The first-order valence-electron chi connectivity index (χ1n) is 27.0. The van der Waals surface area contributed by atoms with Gasteiger partial charge in [-0.15, -0.1) is 0 Å². The second-order valence-electron chi connectivity index (χ2n) is 18.5. The van der Waals surface area contributed by atoms with Gasteiger partial charge in [-0.1, -0.05) is 271 Å². The summed E-state index contributed by atoms with van der Waals surface area (Å²) in [7, 11) is 0. The van der Waals surface area contributed by atoms with Gasteiger partial charge < -0.3 is 14.2 Å². The van der Waals surface area contributed by atoms with E-state index in [2.05, 4.69) is 20.8 Å². The number of ether oxygens (including phenoxy) is 3. The van der Waals surface area contributed by atoms with Crippen molar-refractivity contribution in [1.82, 2.24) is 0 Å². The third-order valence-electron chi connectivity index (χ3n) is 12.4.